The van der Waals surface area contributed by atoms with Crippen molar-refractivity contribution >= 4 is 23.2 Å². The lowest BCUT2D eigenvalue weighted by molar-refractivity contribution is 0.102. The highest BCUT2D eigenvalue weighted by Crippen LogP contribution is 2.59. The number of hydrogen-bond acceptors (Lipinski definition) is 7. The Morgan fingerprint density at radius 1 is 1.18 bits per heavy atom. The van der Waals surface area contributed by atoms with Crippen LogP contribution in [0.4, 0.5) is 11.6 Å². The highest BCUT2D eigenvalue weighted by atomic mass is 16.5. The maximum Gasteiger partial charge on any atom is 0.262 e. The Morgan fingerprint density at radius 2 is 1.97 bits per heavy atom. The predicted molar refractivity (Wildman–Crippen MR) is 125 cm³/mol. The molecule has 33 heavy (non-hydrogen) atoms. The predicted octanol–water partition coefficient (Wildman–Crippen LogP) is 2.66. The van der Waals surface area contributed by atoms with Gasteiger partial charge in [-0.25, -0.2) is 4.98 Å². The van der Waals surface area contributed by atoms with Crippen LogP contribution in [0.25, 0.3) is 5.65 Å². The average Bonchev–Trinajstić information content (AvgIpc) is 3.48. The van der Waals surface area contributed by atoms with Crippen molar-refractivity contribution in [2.24, 2.45) is 10.8 Å². The molecule has 0 bridgehead atoms. The summed E-state index contributed by atoms with van der Waals surface area (Å²) >= 11 is 0. The summed E-state index contributed by atoms with van der Waals surface area (Å²) in [4.78, 5) is 19.9. The summed E-state index contributed by atoms with van der Waals surface area (Å²) in [5.74, 6) is 1.52. The molecular weight excluding hydrogens is 418 g/mol. The molecule has 1 amide bonds. The van der Waals surface area contributed by atoms with Crippen molar-refractivity contribution in [3.05, 3.63) is 41.9 Å². The number of rotatable bonds is 5. The van der Waals surface area contributed by atoms with Crippen molar-refractivity contribution in [2.45, 2.75) is 33.1 Å². The number of ether oxygens (including phenoxy) is 1. The van der Waals surface area contributed by atoms with Gasteiger partial charge < -0.3 is 24.7 Å². The minimum absolute atomic E-state index is 0.289. The zero-order valence-electron chi connectivity index (χ0n) is 19.1. The van der Waals surface area contributed by atoms with Gasteiger partial charge in [-0.2, -0.15) is 0 Å². The van der Waals surface area contributed by atoms with Crippen molar-refractivity contribution in [2.75, 3.05) is 43.0 Å². The minimum atomic E-state index is -0.289. The number of aromatic nitrogens is 4. The summed E-state index contributed by atoms with van der Waals surface area (Å²) in [6.45, 7) is 8.54. The fourth-order valence-corrected chi connectivity index (χ4v) is 6.27. The highest BCUT2D eigenvalue weighted by molar-refractivity contribution is 6.05. The Morgan fingerprint density at radius 3 is 2.67 bits per heavy atom. The number of carbonyl (C=O) groups is 1. The lowest BCUT2D eigenvalue weighted by Gasteiger charge is -2.30. The van der Waals surface area contributed by atoms with E-state index in [0.717, 1.165) is 43.3 Å². The van der Waals surface area contributed by atoms with Gasteiger partial charge in [0.05, 0.1) is 17.9 Å². The second kappa shape index (κ2) is 7.41. The summed E-state index contributed by atoms with van der Waals surface area (Å²) in [6, 6.07) is 5.58. The van der Waals surface area contributed by atoms with E-state index in [-0.39, 0.29) is 5.91 Å². The Bertz CT molecular complexity index is 1190. The highest BCUT2D eigenvalue weighted by Gasteiger charge is 2.62. The fraction of sp³-hybridized carbons (Fsp3) is 0.500. The van der Waals surface area contributed by atoms with Gasteiger partial charge in [0.2, 0.25) is 0 Å². The van der Waals surface area contributed by atoms with Gasteiger partial charge in [-0.3, -0.25) is 4.79 Å². The molecular formula is C24H29N7O2. The molecule has 2 unspecified atom stereocenters. The molecule has 3 fully saturated rings. The number of anilines is 2. The zero-order valence-corrected chi connectivity index (χ0v) is 19.1. The molecule has 1 saturated carbocycles. The van der Waals surface area contributed by atoms with Crippen LogP contribution in [0.2, 0.25) is 0 Å². The molecule has 3 aromatic rings. The van der Waals surface area contributed by atoms with Gasteiger partial charge in [0, 0.05) is 55.5 Å². The molecule has 2 saturated heterocycles. The smallest absolute Gasteiger partial charge is 0.262 e. The van der Waals surface area contributed by atoms with E-state index < -0.39 is 0 Å². The van der Waals surface area contributed by atoms with Crippen LogP contribution in [0.5, 0.6) is 5.75 Å². The van der Waals surface area contributed by atoms with E-state index >= 15 is 0 Å². The summed E-state index contributed by atoms with van der Waals surface area (Å²) in [5.41, 5.74) is 2.80. The first-order valence-corrected chi connectivity index (χ1v) is 11.7. The summed E-state index contributed by atoms with van der Waals surface area (Å²) in [5, 5.41) is 15.3. The molecule has 2 N–H and O–H groups in total. The molecule has 172 valence electrons. The van der Waals surface area contributed by atoms with Gasteiger partial charge >= 0.3 is 0 Å². The van der Waals surface area contributed by atoms with E-state index in [1.807, 2.05) is 36.6 Å². The first-order valence-electron chi connectivity index (χ1n) is 11.7. The second-order valence-electron chi connectivity index (χ2n) is 9.74. The van der Waals surface area contributed by atoms with Crippen molar-refractivity contribution in [1.82, 2.24) is 24.9 Å². The number of hydrogen-bond donors (Lipinski definition) is 2. The van der Waals surface area contributed by atoms with Crippen molar-refractivity contribution in [3.63, 3.8) is 0 Å². The number of pyridine rings is 1. The second-order valence-corrected chi connectivity index (χ2v) is 9.74. The van der Waals surface area contributed by atoms with Crippen molar-refractivity contribution < 1.29 is 9.53 Å². The number of nitrogens with one attached hydrogen (secondary N) is 2. The van der Waals surface area contributed by atoms with Crippen molar-refractivity contribution in [3.8, 4) is 5.75 Å². The van der Waals surface area contributed by atoms with Crippen molar-refractivity contribution in [1.29, 1.82) is 0 Å². The number of amides is 1. The summed E-state index contributed by atoms with van der Waals surface area (Å²) in [6.07, 6.45) is 7.54. The van der Waals surface area contributed by atoms with Gasteiger partial charge in [0.1, 0.15) is 11.4 Å². The Balaban J connectivity index is 1.20. The van der Waals surface area contributed by atoms with E-state index in [0.29, 0.717) is 34.6 Å². The molecule has 3 aromatic heterocycles. The Kier molecular flexibility index (Phi) is 4.58. The molecule has 0 aromatic carbocycles. The third kappa shape index (κ3) is 3.17. The van der Waals surface area contributed by atoms with E-state index in [2.05, 4.69) is 30.7 Å². The van der Waals surface area contributed by atoms with Crippen LogP contribution in [-0.4, -0.2) is 58.3 Å². The van der Waals surface area contributed by atoms with Crippen LogP contribution in [0, 0.1) is 17.8 Å². The number of imidazole rings is 1. The molecule has 5 heterocycles. The average molecular weight is 448 g/mol. The topological polar surface area (TPSA) is 96.7 Å². The van der Waals surface area contributed by atoms with Crippen LogP contribution in [0.3, 0.4) is 0 Å². The molecule has 0 radical (unpaired) electrons. The molecule has 0 spiro atoms. The number of nitrogens with zero attached hydrogens (tertiary/aromatic N) is 5. The van der Waals surface area contributed by atoms with Crippen LogP contribution in [0.15, 0.2) is 30.6 Å². The van der Waals surface area contributed by atoms with Gasteiger partial charge in [-0.05, 0) is 38.8 Å². The molecule has 3 aliphatic rings. The summed E-state index contributed by atoms with van der Waals surface area (Å²) in [7, 11) is 0. The number of fused-ring (bicyclic) bond motifs is 1. The largest absolute Gasteiger partial charge is 0.493 e. The van der Waals surface area contributed by atoms with Gasteiger partial charge in [0.15, 0.2) is 11.6 Å². The van der Waals surface area contributed by atoms with Crippen LogP contribution < -0.4 is 20.3 Å². The van der Waals surface area contributed by atoms with Gasteiger partial charge in [-0.15, -0.1) is 10.2 Å². The van der Waals surface area contributed by atoms with E-state index in [4.69, 9.17) is 4.74 Å². The maximum absolute atomic E-state index is 13.1. The lowest BCUT2D eigenvalue weighted by atomic mass is 9.71. The molecule has 2 aliphatic heterocycles. The first kappa shape index (κ1) is 20.4. The third-order valence-electron chi connectivity index (χ3n) is 7.79. The minimum Gasteiger partial charge on any atom is -0.493 e. The molecule has 9 nitrogen and oxygen atoms in total. The number of aryl methyl sites for hydroxylation is 1. The SMILES string of the molecule is CCOc1cc2nc(C)cn2cc1C(=O)Nc1ccc(N2CC34CCCC3(CNC4)C2)nn1. The van der Waals surface area contributed by atoms with E-state index in [1.54, 1.807) is 12.3 Å². The quantitative estimate of drug-likeness (QED) is 0.621. The lowest BCUT2D eigenvalue weighted by Crippen LogP contribution is -2.34. The fourth-order valence-electron chi connectivity index (χ4n) is 6.27. The Hall–Kier alpha value is -3.20. The normalized spacial score (nSPS) is 25.9. The Labute approximate surface area is 192 Å². The zero-order chi connectivity index (χ0) is 22.6. The monoisotopic (exact) mass is 447 g/mol. The summed E-state index contributed by atoms with van der Waals surface area (Å²) < 4.78 is 7.54. The van der Waals surface area contributed by atoms with Crippen LogP contribution >= 0.6 is 0 Å². The van der Waals surface area contributed by atoms with E-state index in [1.165, 1.54) is 19.3 Å². The standard InChI is InChI=1S/C24H29N7O2/c1-3-33-18-9-21-26-16(2)10-30(21)11-17(18)22(32)27-19-5-6-20(29-28-19)31-14-23-7-4-8-24(23,15-31)13-25-12-23/h5-6,9-11,25H,3-4,7-8,12-15H2,1-2H3,(H,27,28,32). The third-order valence-corrected chi connectivity index (χ3v) is 7.79. The van der Waals surface area contributed by atoms with Crippen LogP contribution in [0.1, 0.15) is 42.2 Å². The molecule has 9 heteroatoms. The maximum atomic E-state index is 13.1. The van der Waals surface area contributed by atoms with Gasteiger partial charge in [-0.1, -0.05) is 6.42 Å². The molecule has 6 rings (SSSR count). The van der Waals surface area contributed by atoms with E-state index in [9.17, 15) is 4.79 Å². The molecule has 1 aliphatic carbocycles. The van der Waals surface area contributed by atoms with Gasteiger partial charge in [0.25, 0.3) is 5.91 Å². The first-order chi connectivity index (χ1) is 16.0. The van der Waals surface area contributed by atoms with Crippen LogP contribution in [-0.2, 0) is 0 Å². The molecule has 2 atom stereocenters. The number of carbonyl (C=O) groups excluding carboxylic acids is 1.